The molecule has 0 aliphatic rings. The predicted octanol–water partition coefficient (Wildman–Crippen LogP) is 3.11. The number of carbonyl (C=O) groups excluding carboxylic acids is 1. The molecule has 1 aromatic heterocycles. The lowest BCUT2D eigenvalue weighted by atomic mass is 10.1. The molecule has 0 unspecified atom stereocenters. The summed E-state index contributed by atoms with van der Waals surface area (Å²) in [6, 6.07) is 5.80. The van der Waals surface area contributed by atoms with Crippen LogP contribution in [-0.4, -0.2) is 22.2 Å². The number of aryl methyl sites for hydroxylation is 3. The summed E-state index contributed by atoms with van der Waals surface area (Å²) in [5, 5.41) is 10.5. The van der Waals surface area contributed by atoms with Crippen LogP contribution in [0.5, 0.6) is 0 Å². The van der Waals surface area contributed by atoms with Gasteiger partial charge in [0.25, 0.3) is 5.91 Å². The largest absolute Gasteiger partial charge is 0.384 e. The van der Waals surface area contributed by atoms with E-state index in [2.05, 4.69) is 22.7 Å². The van der Waals surface area contributed by atoms with Gasteiger partial charge in [-0.05, 0) is 38.0 Å². The molecular formula is C16H22N4O. The van der Waals surface area contributed by atoms with Crippen LogP contribution in [0.25, 0.3) is 0 Å². The van der Waals surface area contributed by atoms with E-state index in [-0.39, 0.29) is 5.91 Å². The first-order valence-electron chi connectivity index (χ1n) is 7.17. The van der Waals surface area contributed by atoms with Gasteiger partial charge in [-0.3, -0.25) is 9.48 Å². The van der Waals surface area contributed by atoms with Crippen LogP contribution in [-0.2, 0) is 7.05 Å². The maximum Gasteiger partial charge on any atom is 0.257 e. The molecular weight excluding hydrogens is 264 g/mol. The van der Waals surface area contributed by atoms with Gasteiger partial charge in [-0.1, -0.05) is 13.0 Å². The Kier molecular flexibility index (Phi) is 4.62. The Morgan fingerprint density at radius 1 is 1.29 bits per heavy atom. The average Bonchev–Trinajstić information content (AvgIpc) is 2.74. The van der Waals surface area contributed by atoms with Crippen LogP contribution >= 0.6 is 0 Å². The fourth-order valence-corrected chi connectivity index (χ4v) is 2.17. The molecule has 1 heterocycles. The smallest absolute Gasteiger partial charge is 0.257 e. The molecule has 1 aromatic carbocycles. The van der Waals surface area contributed by atoms with Crippen LogP contribution in [0.3, 0.4) is 0 Å². The molecule has 112 valence electrons. The van der Waals surface area contributed by atoms with Crippen molar-refractivity contribution in [2.75, 3.05) is 17.2 Å². The van der Waals surface area contributed by atoms with Crippen LogP contribution in [0.2, 0.25) is 0 Å². The van der Waals surface area contributed by atoms with Crippen molar-refractivity contribution in [3.8, 4) is 0 Å². The number of amides is 1. The van der Waals surface area contributed by atoms with E-state index in [1.54, 1.807) is 10.9 Å². The highest BCUT2D eigenvalue weighted by atomic mass is 16.1. The van der Waals surface area contributed by atoms with E-state index < -0.39 is 0 Å². The lowest BCUT2D eigenvalue weighted by Crippen LogP contribution is -2.15. The molecule has 21 heavy (non-hydrogen) atoms. The van der Waals surface area contributed by atoms with Crippen molar-refractivity contribution in [3.05, 3.63) is 41.2 Å². The Bertz CT molecular complexity index is 646. The van der Waals surface area contributed by atoms with Gasteiger partial charge >= 0.3 is 0 Å². The Labute approximate surface area is 125 Å². The molecule has 0 atom stereocenters. The summed E-state index contributed by atoms with van der Waals surface area (Å²) in [4.78, 5) is 12.5. The molecule has 0 bridgehead atoms. The number of nitrogens with one attached hydrogen (secondary N) is 2. The lowest BCUT2D eigenvalue weighted by molar-refractivity contribution is 0.102. The monoisotopic (exact) mass is 286 g/mol. The second-order valence-corrected chi connectivity index (χ2v) is 5.23. The topological polar surface area (TPSA) is 59.0 Å². The minimum atomic E-state index is -0.121. The van der Waals surface area contributed by atoms with Crippen LogP contribution in [0.1, 0.15) is 35.0 Å². The summed E-state index contributed by atoms with van der Waals surface area (Å²) in [5.74, 6) is -0.121. The van der Waals surface area contributed by atoms with Crippen LogP contribution in [0.15, 0.2) is 24.4 Å². The molecule has 5 nitrogen and oxygen atoms in total. The van der Waals surface area contributed by atoms with Gasteiger partial charge in [0, 0.05) is 25.5 Å². The van der Waals surface area contributed by atoms with Crippen molar-refractivity contribution in [2.24, 2.45) is 7.05 Å². The molecule has 2 rings (SSSR count). The third-order valence-electron chi connectivity index (χ3n) is 3.25. The molecule has 2 N–H and O–H groups in total. The number of hydrogen-bond acceptors (Lipinski definition) is 3. The van der Waals surface area contributed by atoms with Crippen molar-refractivity contribution >= 4 is 17.3 Å². The van der Waals surface area contributed by atoms with Gasteiger partial charge in [-0.15, -0.1) is 0 Å². The summed E-state index contributed by atoms with van der Waals surface area (Å²) >= 11 is 0. The molecule has 5 heteroatoms. The van der Waals surface area contributed by atoms with Gasteiger partial charge < -0.3 is 10.6 Å². The zero-order chi connectivity index (χ0) is 15.4. The highest BCUT2D eigenvalue weighted by molar-refractivity contribution is 6.08. The second-order valence-electron chi connectivity index (χ2n) is 5.23. The zero-order valence-corrected chi connectivity index (χ0v) is 13.0. The highest BCUT2D eigenvalue weighted by Gasteiger charge is 2.14. The first-order chi connectivity index (χ1) is 10.0. The third kappa shape index (κ3) is 3.62. The Balaban J connectivity index is 2.24. The van der Waals surface area contributed by atoms with E-state index in [0.29, 0.717) is 5.56 Å². The van der Waals surface area contributed by atoms with Gasteiger partial charge in [-0.2, -0.15) is 5.10 Å². The van der Waals surface area contributed by atoms with E-state index in [4.69, 9.17) is 0 Å². The van der Waals surface area contributed by atoms with E-state index in [1.807, 2.05) is 39.1 Å². The van der Waals surface area contributed by atoms with Gasteiger partial charge in [-0.25, -0.2) is 0 Å². The predicted molar refractivity (Wildman–Crippen MR) is 85.9 cm³/mol. The van der Waals surface area contributed by atoms with E-state index >= 15 is 0 Å². The van der Waals surface area contributed by atoms with E-state index in [0.717, 1.165) is 35.6 Å². The Morgan fingerprint density at radius 3 is 2.67 bits per heavy atom. The van der Waals surface area contributed by atoms with Gasteiger partial charge in [0.15, 0.2) is 0 Å². The number of nitrogens with zero attached hydrogens (tertiary/aromatic N) is 2. The maximum atomic E-state index is 12.5. The summed E-state index contributed by atoms with van der Waals surface area (Å²) in [7, 11) is 1.84. The normalized spacial score (nSPS) is 10.5. The minimum absolute atomic E-state index is 0.121. The SMILES string of the molecule is CCCNc1cc(C)ccc1C(=O)Nc1cn(C)nc1C. The molecule has 2 aromatic rings. The molecule has 0 fully saturated rings. The van der Waals surface area contributed by atoms with Crippen LogP contribution < -0.4 is 10.6 Å². The van der Waals surface area contributed by atoms with Crippen LogP contribution in [0.4, 0.5) is 11.4 Å². The van der Waals surface area contributed by atoms with Crippen molar-refractivity contribution in [3.63, 3.8) is 0 Å². The molecule has 1 amide bonds. The summed E-state index contributed by atoms with van der Waals surface area (Å²) in [5.41, 5.74) is 4.20. The van der Waals surface area contributed by atoms with Gasteiger partial charge in [0.05, 0.1) is 16.9 Å². The fourth-order valence-electron chi connectivity index (χ4n) is 2.17. The standard InChI is InChI=1S/C16H22N4O/c1-5-8-17-14-9-11(2)6-7-13(14)16(21)18-15-10-20(4)19-12(15)3/h6-7,9-10,17H,5,8H2,1-4H3,(H,18,21). The first kappa shape index (κ1) is 15.1. The first-order valence-corrected chi connectivity index (χ1v) is 7.17. The summed E-state index contributed by atoms with van der Waals surface area (Å²) < 4.78 is 1.69. The molecule has 0 radical (unpaired) electrons. The van der Waals surface area contributed by atoms with Crippen molar-refractivity contribution in [2.45, 2.75) is 27.2 Å². The Hall–Kier alpha value is -2.30. The van der Waals surface area contributed by atoms with Crippen molar-refractivity contribution in [1.82, 2.24) is 9.78 Å². The quantitative estimate of drug-likeness (QED) is 0.888. The van der Waals surface area contributed by atoms with Crippen molar-refractivity contribution < 1.29 is 4.79 Å². The molecule has 0 saturated heterocycles. The number of rotatable bonds is 5. The third-order valence-corrected chi connectivity index (χ3v) is 3.25. The number of carbonyl (C=O) groups is 1. The number of benzene rings is 1. The van der Waals surface area contributed by atoms with E-state index in [9.17, 15) is 4.79 Å². The Morgan fingerprint density at radius 2 is 2.05 bits per heavy atom. The zero-order valence-electron chi connectivity index (χ0n) is 13.0. The molecule has 0 spiro atoms. The average molecular weight is 286 g/mol. The minimum Gasteiger partial charge on any atom is -0.384 e. The number of anilines is 2. The van der Waals surface area contributed by atoms with Crippen LogP contribution in [0, 0.1) is 13.8 Å². The van der Waals surface area contributed by atoms with Gasteiger partial charge in [0.2, 0.25) is 0 Å². The second kappa shape index (κ2) is 6.43. The maximum absolute atomic E-state index is 12.5. The number of hydrogen-bond donors (Lipinski definition) is 2. The highest BCUT2D eigenvalue weighted by Crippen LogP contribution is 2.20. The molecule has 0 saturated carbocycles. The van der Waals surface area contributed by atoms with E-state index in [1.165, 1.54) is 0 Å². The lowest BCUT2D eigenvalue weighted by Gasteiger charge is -2.12. The molecule has 0 aliphatic carbocycles. The van der Waals surface area contributed by atoms with Gasteiger partial charge in [0.1, 0.15) is 0 Å². The fraction of sp³-hybridized carbons (Fsp3) is 0.375. The summed E-state index contributed by atoms with van der Waals surface area (Å²) in [6.45, 7) is 6.84. The van der Waals surface area contributed by atoms with Crippen molar-refractivity contribution in [1.29, 1.82) is 0 Å². The molecule has 0 aliphatic heterocycles. The number of aromatic nitrogens is 2. The summed E-state index contributed by atoms with van der Waals surface area (Å²) in [6.07, 6.45) is 2.82.